The molecule has 0 amide bonds. The van der Waals surface area contributed by atoms with E-state index in [1.54, 1.807) is 0 Å². The zero-order chi connectivity index (χ0) is 6.32. The molecule has 0 radical (unpaired) electrons. The van der Waals surface area contributed by atoms with Crippen molar-refractivity contribution in [3.63, 3.8) is 0 Å². The Kier molecular flexibility index (Phi) is 0.974. The number of hydrogen-bond donors (Lipinski definition) is 0. The van der Waals surface area contributed by atoms with Crippen molar-refractivity contribution < 1.29 is 4.74 Å². The summed E-state index contributed by atoms with van der Waals surface area (Å²) < 4.78 is 5.38. The summed E-state index contributed by atoms with van der Waals surface area (Å²) in [7, 11) is 0. The molecule has 0 aromatic heterocycles. The van der Waals surface area contributed by atoms with Crippen LogP contribution < -0.4 is 0 Å². The van der Waals surface area contributed by atoms with Gasteiger partial charge in [0.1, 0.15) is 5.60 Å². The Balaban J connectivity index is 2.22. The lowest BCUT2D eigenvalue weighted by Crippen LogP contribution is -2.15. The molecule has 0 saturated carbocycles. The van der Waals surface area contributed by atoms with Crippen LogP contribution in [0.2, 0.25) is 0 Å². The summed E-state index contributed by atoms with van der Waals surface area (Å²) in [6, 6.07) is 0. The van der Waals surface area contributed by atoms with Gasteiger partial charge in [0.25, 0.3) is 0 Å². The molecule has 1 nitrogen and oxygen atoms in total. The molecular weight excluding hydrogens is 112 g/mol. The molecule has 0 aromatic carbocycles. The second-order valence-electron chi connectivity index (χ2n) is 3.06. The van der Waals surface area contributed by atoms with Crippen molar-refractivity contribution in [1.82, 2.24) is 0 Å². The Hall–Kier alpha value is -0.300. The van der Waals surface area contributed by atoms with Gasteiger partial charge in [-0.25, -0.2) is 0 Å². The Labute approximate surface area is 55.7 Å². The van der Waals surface area contributed by atoms with Crippen LogP contribution in [0.3, 0.4) is 0 Å². The maximum atomic E-state index is 5.38. The summed E-state index contributed by atoms with van der Waals surface area (Å²) in [4.78, 5) is 0. The molecule has 1 aliphatic heterocycles. The molecule has 1 saturated heterocycles. The highest BCUT2D eigenvalue weighted by Gasteiger charge is 2.46. The van der Waals surface area contributed by atoms with E-state index in [1.807, 2.05) is 0 Å². The van der Waals surface area contributed by atoms with Crippen LogP contribution in [0.1, 0.15) is 26.2 Å². The second kappa shape index (κ2) is 1.60. The monoisotopic (exact) mass is 124 g/mol. The third-order valence-corrected chi connectivity index (χ3v) is 2.45. The average Bonchev–Trinajstić information content (AvgIpc) is 2.60. The summed E-state index contributed by atoms with van der Waals surface area (Å²) >= 11 is 0. The lowest BCUT2D eigenvalue weighted by molar-refractivity contribution is 0.311. The van der Waals surface area contributed by atoms with Crippen LogP contribution in [0, 0.1) is 0 Å². The number of rotatable bonds is 0. The van der Waals surface area contributed by atoms with Gasteiger partial charge in [0.15, 0.2) is 0 Å². The lowest BCUT2D eigenvalue weighted by Gasteiger charge is -2.16. The molecule has 1 fully saturated rings. The smallest absolute Gasteiger partial charge is 0.112 e. The summed E-state index contributed by atoms with van der Waals surface area (Å²) in [6.45, 7) is 3.17. The number of epoxide rings is 1. The highest BCUT2D eigenvalue weighted by molar-refractivity contribution is 5.23. The zero-order valence-corrected chi connectivity index (χ0v) is 5.81. The molecule has 1 heterocycles. The van der Waals surface area contributed by atoms with Gasteiger partial charge in [-0.2, -0.15) is 0 Å². The minimum atomic E-state index is 0.248. The lowest BCUT2D eigenvalue weighted by atomic mass is 9.89. The van der Waals surface area contributed by atoms with Crippen LogP contribution in [-0.2, 0) is 4.74 Å². The molecular formula is C8H12O. The van der Waals surface area contributed by atoms with Crippen molar-refractivity contribution in [1.29, 1.82) is 0 Å². The highest BCUT2D eigenvalue weighted by atomic mass is 16.6. The summed E-state index contributed by atoms with van der Waals surface area (Å²) in [5.41, 5.74) is 1.71. The van der Waals surface area contributed by atoms with Crippen molar-refractivity contribution in [2.45, 2.75) is 31.8 Å². The van der Waals surface area contributed by atoms with E-state index in [9.17, 15) is 0 Å². The third kappa shape index (κ3) is 0.715. The standard InChI is InChI=1S/C8H12O/c1-7-4-2-3-5-8(7)6-9-8/h4H,2-3,5-6H2,1H3. The Bertz CT molecular complexity index is 154. The van der Waals surface area contributed by atoms with E-state index in [2.05, 4.69) is 13.0 Å². The van der Waals surface area contributed by atoms with Gasteiger partial charge in [-0.15, -0.1) is 0 Å². The van der Waals surface area contributed by atoms with E-state index in [0.717, 1.165) is 6.61 Å². The minimum Gasteiger partial charge on any atom is -0.365 e. The van der Waals surface area contributed by atoms with Gasteiger partial charge in [0.2, 0.25) is 0 Å². The fourth-order valence-corrected chi connectivity index (χ4v) is 1.55. The number of hydrogen-bond acceptors (Lipinski definition) is 1. The van der Waals surface area contributed by atoms with E-state index in [1.165, 1.54) is 24.8 Å². The van der Waals surface area contributed by atoms with Gasteiger partial charge in [0, 0.05) is 0 Å². The molecule has 1 spiro atoms. The predicted molar refractivity (Wildman–Crippen MR) is 36.3 cm³/mol. The van der Waals surface area contributed by atoms with Crippen molar-refractivity contribution in [2.75, 3.05) is 6.61 Å². The fourth-order valence-electron chi connectivity index (χ4n) is 1.55. The van der Waals surface area contributed by atoms with Gasteiger partial charge < -0.3 is 4.74 Å². The molecule has 1 aliphatic carbocycles. The van der Waals surface area contributed by atoms with E-state index in [-0.39, 0.29) is 5.60 Å². The average molecular weight is 124 g/mol. The SMILES string of the molecule is CC1=CCCCC12CO2. The molecule has 1 unspecified atom stereocenters. The Morgan fingerprint density at radius 3 is 2.89 bits per heavy atom. The van der Waals surface area contributed by atoms with Crippen molar-refractivity contribution in [2.24, 2.45) is 0 Å². The fraction of sp³-hybridized carbons (Fsp3) is 0.750. The topological polar surface area (TPSA) is 12.5 Å². The number of allylic oxidation sites excluding steroid dienone is 1. The summed E-state index contributed by atoms with van der Waals surface area (Å²) in [5.74, 6) is 0. The normalized spacial score (nSPS) is 40.8. The van der Waals surface area contributed by atoms with Crippen LogP contribution in [0.5, 0.6) is 0 Å². The Morgan fingerprint density at radius 2 is 2.44 bits per heavy atom. The first-order chi connectivity index (χ1) is 4.33. The molecule has 0 bridgehead atoms. The molecule has 2 aliphatic rings. The molecule has 1 heteroatoms. The van der Waals surface area contributed by atoms with Gasteiger partial charge in [-0.05, 0) is 31.8 Å². The van der Waals surface area contributed by atoms with Crippen molar-refractivity contribution in [3.05, 3.63) is 11.6 Å². The Morgan fingerprint density at radius 1 is 1.67 bits per heavy atom. The molecule has 0 aromatic rings. The second-order valence-corrected chi connectivity index (χ2v) is 3.06. The first-order valence-electron chi connectivity index (χ1n) is 3.65. The summed E-state index contributed by atoms with van der Waals surface area (Å²) in [6.07, 6.45) is 6.15. The maximum absolute atomic E-state index is 5.38. The molecule has 50 valence electrons. The molecule has 0 N–H and O–H groups in total. The molecule has 9 heavy (non-hydrogen) atoms. The van der Waals surface area contributed by atoms with Crippen LogP contribution in [0.15, 0.2) is 11.6 Å². The van der Waals surface area contributed by atoms with Crippen molar-refractivity contribution >= 4 is 0 Å². The third-order valence-electron chi connectivity index (χ3n) is 2.45. The van der Waals surface area contributed by atoms with Gasteiger partial charge in [0.05, 0.1) is 6.61 Å². The van der Waals surface area contributed by atoms with E-state index < -0.39 is 0 Å². The van der Waals surface area contributed by atoms with Crippen LogP contribution in [0.25, 0.3) is 0 Å². The highest BCUT2D eigenvalue weighted by Crippen LogP contribution is 2.42. The van der Waals surface area contributed by atoms with E-state index in [4.69, 9.17) is 4.74 Å². The van der Waals surface area contributed by atoms with Gasteiger partial charge in [-0.1, -0.05) is 6.08 Å². The van der Waals surface area contributed by atoms with Crippen LogP contribution in [-0.4, -0.2) is 12.2 Å². The number of ether oxygens (including phenoxy) is 1. The first kappa shape index (κ1) is 5.48. The molecule has 1 atom stereocenters. The predicted octanol–water partition coefficient (Wildman–Crippen LogP) is 1.89. The van der Waals surface area contributed by atoms with Crippen molar-refractivity contribution in [3.8, 4) is 0 Å². The summed E-state index contributed by atoms with van der Waals surface area (Å²) in [5, 5.41) is 0. The molecule has 2 rings (SSSR count). The zero-order valence-electron chi connectivity index (χ0n) is 5.81. The maximum Gasteiger partial charge on any atom is 0.112 e. The van der Waals surface area contributed by atoms with Gasteiger partial charge >= 0.3 is 0 Å². The first-order valence-corrected chi connectivity index (χ1v) is 3.65. The van der Waals surface area contributed by atoms with E-state index >= 15 is 0 Å². The van der Waals surface area contributed by atoms with Crippen LogP contribution >= 0.6 is 0 Å². The van der Waals surface area contributed by atoms with Crippen LogP contribution in [0.4, 0.5) is 0 Å². The minimum absolute atomic E-state index is 0.248. The quantitative estimate of drug-likeness (QED) is 0.355. The van der Waals surface area contributed by atoms with Gasteiger partial charge in [-0.3, -0.25) is 0 Å². The van der Waals surface area contributed by atoms with E-state index in [0.29, 0.717) is 0 Å². The largest absolute Gasteiger partial charge is 0.365 e.